The predicted molar refractivity (Wildman–Crippen MR) is 75.9 cm³/mol. The first-order valence-corrected chi connectivity index (χ1v) is 6.13. The Balaban J connectivity index is 1.84. The second kappa shape index (κ2) is 4.65. The minimum atomic E-state index is 0.425. The van der Waals surface area contributed by atoms with E-state index in [-0.39, 0.29) is 0 Å². The van der Waals surface area contributed by atoms with Crippen LogP contribution in [0.3, 0.4) is 0 Å². The van der Waals surface area contributed by atoms with Crippen molar-refractivity contribution in [2.45, 2.75) is 6.61 Å². The van der Waals surface area contributed by atoms with Crippen LogP contribution in [-0.4, -0.2) is 9.55 Å². The number of nitrogens with zero attached hydrogens (tertiary/aromatic N) is 2. The lowest BCUT2D eigenvalue weighted by Gasteiger charge is -2.06. The average Bonchev–Trinajstić information content (AvgIpc) is 2.74. The Morgan fingerprint density at radius 3 is 2.79 bits per heavy atom. The zero-order chi connectivity index (χ0) is 13.2. The van der Waals surface area contributed by atoms with Crippen LogP contribution < -0.4 is 10.5 Å². The van der Waals surface area contributed by atoms with Gasteiger partial charge in [-0.3, -0.25) is 0 Å². The van der Waals surface area contributed by atoms with Gasteiger partial charge in [-0.05, 0) is 24.3 Å². The van der Waals surface area contributed by atoms with Crippen molar-refractivity contribution in [2.24, 2.45) is 7.05 Å². The molecule has 0 saturated carbocycles. The van der Waals surface area contributed by atoms with Gasteiger partial charge in [-0.1, -0.05) is 18.2 Å². The summed E-state index contributed by atoms with van der Waals surface area (Å²) in [5.41, 5.74) is 8.50. The molecular formula is C15H15N3O. The van der Waals surface area contributed by atoms with Gasteiger partial charge in [0.05, 0.1) is 11.0 Å². The molecule has 1 aromatic heterocycles. The molecule has 0 aliphatic heterocycles. The SMILES string of the molecule is Cn1c(COc2cccc(N)c2)nc2ccccc21. The summed E-state index contributed by atoms with van der Waals surface area (Å²) in [6.07, 6.45) is 0. The molecule has 3 rings (SSSR count). The Kier molecular flexibility index (Phi) is 2.83. The second-order valence-electron chi connectivity index (χ2n) is 4.44. The number of nitrogen functional groups attached to an aromatic ring is 1. The molecule has 19 heavy (non-hydrogen) atoms. The van der Waals surface area contributed by atoms with Gasteiger partial charge in [0.25, 0.3) is 0 Å². The molecule has 0 atom stereocenters. The molecule has 0 saturated heterocycles. The summed E-state index contributed by atoms with van der Waals surface area (Å²) >= 11 is 0. The fourth-order valence-electron chi connectivity index (χ4n) is 2.08. The minimum Gasteiger partial charge on any atom is -0.486 e. The lowest BCUT2D eigenvalue weighted by Crippen LogP contribution is -2.03. The van der Waals surface area contributed by atoms with Crippen LogP contribution in [0.5, 0.6) is 5.75 Å². The standard InChI is InChI=1S/C15H15N3O/c1-18-14-8-3-2-7-13(14)17-15(18)10-19-12-6-4-5-11(16)9-12/h2-9H,10,16H2,1H3. The molecule has 3 aromatic rings. The molecule has 4 nitrogen and oxygen atoms in total. The Morgan fingerprint density at radius 1 is 1.16 bits per heavy atom. The summed E-state index contributed by atoms with van der Waals surface area (Å²) in [5.74, 6) is 1.65. The number of aryl methyl sites for hydroxylation is 1. The van der Waals surface area contributed by atoms with Crippen LogP contribution in [0, 0.1) is 0 Å². The Hall–Kier alpha value is -2.49. The van der Waals surface area contributed by atoms with E-state index in [0.29, 0.717) is 12.3 Å². The third-order valence-electron chi connectivity index (χ3n) is 3.11. The predicted octanol–water partition coefficient (Wildman–Crippen LogP) is 2.73. The molecule has 96 valence electrons. The first kappa shape index (κ1) is 11.6. The number of hydrogen-bond donors (Lipinski definition) is 1. The highest BCUT2D eigenvalue weighted by molar-refractivity contribution is 5.75. The first-order valence-electron chi connectivity index (χ1n) is 6.13. The number of anilines is 1. The van der Waals surface area contributed by atoms with Gasteiger partial charge < -0.3 is 15.0 Å². The van der Waals surface area contributed by atoms with Gasteiger partial charge in [0.15, 0.2) is 0 Å². The number of nitrogens with two attached hydrogens (primary N) is 1. The fourth-order valence-corrected chi connectivity index (χ4v) is 2.08. The third kappa shape index (κ3) is 2.25. The Morgan fingerprint density at radius 2 is 2.00 bits per heavy atom. The van der Waals surface area contributed by atoms with Gasteiger partial charge in [-0.25, -0.2) is 4.98 Å². The number of ether oxygens (including phenoxy) is 1. The molecule has 0 unspecified atom stereocenters. The monoisotopic (exact) mass is 253 g/mol. The highest BCUT2D eigenvalue weighted by Crippen LogP contribution is 2.18. The summed E-state index contributed by atoms with van der Waals surface area (Å²) in [6, 6.07) is 15.4. The van der Waals surface area contributed by atoms with Gasteiger partial charge in [0.1, 0.15) is 18.2 Å². The van der Waals surface area contributed by atoms with Crippen molar-refractivity contribution in [2.75, 3.05) is 5.73 Å². The van der Waals surface area contributed by atoms with Crippen molar-refractivity contribution in [3.8, 4) is 5.75 Å². The number of aromatic nitrogens is 2. The van der Waals surface area contributed by atoms with Gasteiger partial charge in [-0.15, -0.1) is 0 Å². The molecule has 0 bridgehead atoms. The van der Waals surface area contributed by atoms with Crippen molar-refractivity contribution in [1.82, 2.24) is 9.55 Å². The van der Waals surface area contributed by atoms with Gasteiger partial charge in [0, 0.05) is 18.8 Å². The molecule has 2 aromatic carbocycles. The van der Waals surface area contributed by atoms with Crippen LogP contribution in [0.2, 0.25) is 0 Å². The Bertz CT molecular complexity index is 718. The van der Waals surface area contributed by atoms with E-state index in [1.807, 2.05) is 60.1 Å². The number of hydrogen-bond acceptors (Lipinski definition) is 3. The number of fused-ring (bicyclic) bond motifs is 1. The van der Waals surface area contributed by atoms with Crippen LogP contribution in [-0.2, 0) is 13.7 Å². The third-order valence-corrected chi connectivity index (χ3v) is 3.11. The lowest BCUT2D eigenvalue weighted by atomic mass is 10.3. The maximum absolute atomic E-state index is 5.72. The van der Waals surface area contributed by atoms with Crippen molar-refractivity contribution in [3.63, 3.8) is 0 Å². The van der Waals surface area contributed by atoms with E-state index >= 15 is 0 Å². The maximum atomic E-state index is 5.72. The summed E-state index contributed by atoms with van der Waals surface area (Å²) < 4.78 is 7.76. The molecule has 0 amide bonds. The quantitative estimate of drug-likeness (QED) is 0.730. The normalized spacial score (nSPS) is 10.8. The molecule has 0 fully saturated rings. The van der Waals surface area contributed by atoms with E-state index in [2.05, 4.69) is 4.98 Å². The van der Waals surface area contributed by atoms with E-state index in [0.717, 1.165) is 22.6 Å². The van der Waals surface area contributed by atoms with Crippen LogP contribution >= 0.6 is 0 Å². The smallest absolute Gasteiger partial charge is 0.147 e. The molecule has 2 N–H and O–H groups in total. The van der Waals surface area contributed by atoms with Crippen LogP contribution in [0.25, 0.3) is 11.0 Å². The first-order chi connectivity index (χ1) is 9.24. The summed E-state index contributed by atoms with van der Waals surface area (Å²) in [6.45, 7) is 0.425. The van der Waals surface area contributed by atoms with E-state index in [9.17, 15) is 0 Å². The fraction of sp³-hybridized carbons (Fsp3) is 0.133. The molecular weight excluding hydrogens is 238 g/mol. The van der Waals surface area contributed by atoms with E-state index < -0.39 is 0 Å². The second-order valence-corrected chi connectivity index (χ2v) is 4.44. The maximum Gasteiger partial charge on any atom is 0.147 e. The van der Waals surface area contributed by atoms with E-state index in [1.54, 1.807) is 0 Å². The largest absolute Gasteiger partial charge is 0.486 e. The number of imidazole rings is 1. The van der Waals surface area contributed by atoms with Crippen LogP contribution in [0.4, 0.5) is 5.69 Å². The zero-order valence-electron chi connectivity index (χ0n) is 10.7. The van der Waals surface area contributed by atoms with Crippen molar-refractivity contribution < 1.29 is 4.74 Å². The van der Waals surface area contributed by atoms with Crippen molar-refractivity contribution in [1.29, 1.82) is 0 Å². The number of benzene rings is 2. The summed E-state index contributed by atoms with van der Waals surface area (Å²) in [4.78, 5) is 4.56. The van der Waals surface area contributed by atoms with Crippen LogP contribution in [0.15, 0.2) is 48.5 Å². The highest BCUT2D eigenvalue weighted by Gasteiger charge is 2.07. The molecule has 0 aliphatic carbocycles. The average molecular weight is 253 g/mol. The van der Waals surface area contributed by atoms with Crippen molar-refractivity contribution in [3.05, 3.63) is 54.4 Å². The van der Waals surface area contributed by atoms with E-state index in [4.69, 9.17) is 10.5 Å². The molecule has 0 radical (unpaired) electrons. The molecule has 0 spiro atoms. The van der Waals surface area contributed by atoms with Gasteiger partial charge in [0.2, 0.25) is 0 Å². The number of para-hydroxylation sites is 2. The molecule has 0 aliphatic rings. The van der Waals surface area contributed by atoms with Crippen molar-refractivity contribution >= 4 is 16.7 Å². The molecule has 4 heteroatoms. The zero-order valence-corrected chi connectivity index (χ0v) is 10.7. The topological polar surface area (TPSA) is 53.1 Å². The van der Waals surface area contributed by atoms with Gasteiger partial charge >= 0.3 is 0 Å². The minimum absolute atomic E-state index is 0.425. The lowest BCUT2D eigenvalue weighted by molar-refractivity contribution is 0.292. The Labute approximate surface area is 111 Å². The number of rotatable bonds is 3. The summed E-state index contributed by atoms with van der Waals surface area (Å²) in [7, 11) is 1.99. The molecule has 1 heterocycles. The highest BCUT2D eigenvalue weighted by atomic mass is 16.5. The summed E-state index contributed by atoms with van der Waals surface area (Å²) in [5, 5.41) is 0. The van der Waals surface area contributed by atoms with Gasteiger partial charge in [-0.2, -0.15) is 0 Å². The van der Waals surface area contributed by atoms with Crippen LogP contribution in [0.1, 0.15) is 5.82 Å². The van der Waals surface area contributed by atoms with E-state index in [1.165, 1.54) is 0 Å².